The second-order valence-corrected chi connectivity index (χ2v) is 7.78. The van der Waals surface area contributed by atoms with Crippen LogP contribution in [0.5, 0.6) is 5.75 Å². The third-order valence-electron chi connectivity index (χ3n) is 5.35. The van der Waals surface area contributed by atoms with E-state index in [2.05, 4.69) is 0 Å². The van der Waals surface area contributed by atoms with Gasteiger partial charge in [0.15, 0.2) is 5.76 Å². The van der Waals surface area contributed by atoms with Crippen molar-refractivity contribution in [3.8, 4) is 5.75 Å². The summed E-state index contributed by atoms with van der Waals surface area (Å²) in [7, 11) is 1.54. The van der Waals surface area contributed by atoms with Gasteiger partial charge in [0.2, 0.25) is 5.91 Å². The number of amides is 3. The van der Waals surface area contributed by atoms with Crippen LogP contribution in [-0.2, 0) is 16.0 Å². The van der Waals surface area contributed by atoms with Gasteiger partial charge in [0.25, 0.3) is 11.8 Å². The lowest BCUT2D eigenvalue weighted by molar-refractivity contribution is -0.122. The molecule has 1 aromatic heterocycles. The van der Waals surface area contributed by atoms with E-state index in [9.17, 15) is 14.4 Å². The molecule has 3 amide bonds. The number of halogens is 1. The molecule has 32 heavy (non-hydrogen) atoms. The van der Waals surface area contributed by atoms with Crippen molar-refractivity contribution in [2.75, 3.05) is 18.6 Å². The predicted molar refractivity (Wildman–Crippen MR) is 119 cm³/mol. The van der Waals surface area contributed by atoms with E-state index in [1.165, 1.54) is 24.3 Å². The Morgan fingerprint density at radius 3 is 2.59 bits per heavy atom. The van der Waals surface area contributed by atoms with E-state index in [4.69, 9.17) is 20.8 Å². The van der Waals surface area contributed by atoms with Gasteiger partial charge in [-0.15, -0.1) is 0 Å². The number of imide groups is 1. The molecule has 1 aliphatic rings. The highest BCUT2D eigenvalue weighted by Crippen LogP contribution is 2.28. The van der Waals surface area contributed by atoms with Gasteiger partial charge in [0.1, 0.15) is 11.8 Å². The Balaban J connectivity index is 1.60. The third-order valence-corrected chi connectivity index (χ3v) is 5.59. The van der Waals surface area contributed by atoms with Crippen LogP contribution >= 0.6 is 11.6 Å². The molecule has 0 radical (unpaired) electrons. The van der Waals surface area contributed by atoms with Gasteiger partial charge in [0.05, 0.1) is 25.5 Å². The first kappa shape index (κ1) is 21.6. The fourth-order valence-corrected chi connectivity index (χ4v) is 3.96. The number of hydrogen-bond donors (Lipinski definition) is 0. The molecule has 4 rings (SSSR count). The zero-order valence-corrected chi connectivity index (χ0v) is 18.1. The fraction of sp³-hybridized carbons (Fsp3) is 0.208. The molecule has 164 valence electrons. The monoisotopic (exact) mass is 452 g/mol. The highest BCUT2D eigenvalue weighted by atomic mass is 35.5. The molecule has 1 aliphatic heterocycles. The van der Waals surface area contributed by atoms with Crippen LogP contribution < -0.4 is 9.64 Å². The molecule has 2 heterocycles. The summed E-state index contributed by atoms with van der Waals surface area (Å²) >= 11 is 6.07. The molecule has 1 atom stereocenters. The quantitative estimate of drug-likeness (QED) is 0.507. The van der Waals surface area contributed by atoms with Crippen LogP contribution in [0.1, 0.15) is 22.5 Å². The lowest BCUT2D eigenvalue weighted by Gasteiger charge is -2.27. The molecule has 7 nitrogen and oxygen atoms in total. The summed E-state index contributed by atoms with van der Waals surface area (Å²) in [6, 6.07) is 16.1. The van der Waals surface area contributed by atoms with Gasteiger partial charge in [-0.1, -0.05) is 23.7 Å². The smallest absolute Gasteiger partial charge is 0.290 e. The Morgan fingerprint density at radius 2 is 1.94 bits per heavy atom. The zero-order chi connectivity index (χ0) is 22.7. The molecular formula is C24H21ClN2O5. The summed E-state index contributed by atoms with van der Waals surface area (Å²) in [5.41, 5.74) is 1.35. The van der Waals surface area contributed by atoms with Crippen molar-refractivity contribution in [1.29, 1.82) is 0 Å². The van der Waals surface area contributed by atoms with E-state index < -0.39 is 17.9 Å². The lowest BCUT2D eigenvalue weighted by atomic mass is 10.1. The Morgan fingerprint density at radius 1 is 1.16 bits per heavy atom. The van der Waals surface area contributed by atoms with Crippen molar-refractivity contribution in [2.24, 2.45) is 0 Å². The molecule has 1 saturated heterocycles. The van der Waals surface area contributed by atoms with Crippen molar-refractivity contribution in [3.63, 3.8) is 0 Å². The average molecular weight is 453 g/mol. The molecule has 0 bridgehead atoms. The topological polar surface area (TPSA) is 80.1 Å². The molecule has 1 fully saturated rings. The van der Waals surface area contributed by atoms with Crippen molar-refractivity contribution >= 4 is 35.0 Å². The van der Waals surface area contributed by atoms with Gasteiger partial charge in [-0.05, 0) is 60.5 Å². The van der Waals surface area contributed by atoms with E-state index in [1.54, 1.807) is 36.4 Å². The minimum Gasteiger partial charge on any atom is -0.497 e. The second-order valence-electron chi connectivity index (χ2n) is 7.34. The van der Waals surface area contributed by atoms with Crippen molar-refractivity contribution in [1.82, 2.24) is 4.90 Å². The van der Waals surface area contributed by atoms with Crippen LogP contribution in [0.2, 0.25) is 5.02 Å². The van der Waals surface area contributed by atoms with E-state index in [-0.39, 0.29) is 24.6 Å². The molecule has 2 aromatic carbocycles. The normalized spacial score (nSPS) is 15.8. The number of ether oxygens (including phenoxy) is 1. The summed E-state index contributed by atoms with van der Waals surface area (Å²) in [5, 5.41) is 0.587. The van der Waals surface area contributed by atoms with Crippen molar-refractivity contribution < 1.29 is 23.5 Å². The van der Waals surface area contributed by atoms with E-state index in [1.807, 2.05) is 18.2 Å². The maximum Gasteiger partial charge on any atom is 0.290 e. The van der Waals surface area contributed by atoms with E-state index in [0.717, 1.165) is 10.5 Å². The number of carbonyl (C=O) groups is 3. The number of rotatable bonds is 7. The Hall–Kier alpha value is -3.58. The van der Waals surface area contributed by atoms with Gasteiger partial charge in [-0.2, -0.15) is 0 Å². The lowest BCUT2D eigenvalue weighted by Crippen LogP contribution is -2.46. The largest absolute Gasteiger partial charge is 0.497 e. The fourth-order valence-electron chi connectivity index (χ4n) is 3.74. The second kappa shape index (κ2) is 9.28. The SMILES string of the molecule is COc1ccc(N2C(=O)CC(N(CCc3cccc(Cl)c3)C(=O)c3ccco3)C2=O)cc1. The highest BCUT2D eigenvalue weighted by Gasteiger charge is 2.44. The van der Waals surface area contributed by atoms with Gasteiger partial charge in [-0.3, -0.25) is 14.4 Å². The van der Waals surface area contributed by atoms with Gasteiger partial charge < -0.3 is 14.1 Å². The first-order valence-electron chi connectivity index (χ1n) is 10.1. The molecule has 0 N–H and O–H groups in total. The summed E-state index contributed by atoms with van der Waals surface area (Å²) in [4.78, 5) is 41.7. The maximum absolute atomic E-state index is 13.3. The number of nitrogens with zero attached hydrogens (tertiary/aromatic N) is 2. The van der Waals surface area contributed by atoms with Crippen molar-refractivity contribution in [3.05, 3.63) is 83.3 Å². The average Bonchev–Trinajstić information content (AvgIpc) is 3.43. The number of carbonyl (C=O) groups excluding carboxylic acids is 3. The van der Waals surface area contributed by atoms with Crippen LogP contribution in [-0.4, -0.2) is 42.3 Å². The Kier molecular flexibility index (Phi) is 6.28. The van der Waals surface area contributed by atoms with Crippen LogP contribution in [0.15, 0.2) is 71.3 Å². The summed E-state index contributed by atoms with van der Waals surface area (Å²) in [5.74, 6) is -0.545. The molecule has 0 spiro atoms. The minimum atomic E-state index is -0.929. The van der Waals surface area contributed by atoms with E-state index in [0.29, 0.717) is 22.9 Å². The van der Waals surface area contributed by atoms with Gasteiger partial charge in [0, 0.05) is 11.6 Å². The molecule has 8 heteroatoms. The molecular weight excluding hydrogens is 432 g/mol. The molecule has 0 aliphatic carbocycles. The standard InChI is InChI=1S/C24H21ClN2O5/c1-31-19-9-7-18(8-10-19)27-22(28)15-20(23(27)29)26(24(30)21-6-3-13-32-21)12-11-16-4-2-5-17(25)14-16/h2-10,13-14,20H,11-12,15H2,1H3. The number of hydrogen-bond acceptors (Lipinski definition) is 5. The number of anilines is 1. The predicted octanol–water partition coefficient (Wildman–Crippen LogP) is 3.96. The summed E-state index contributed by atoms with van der Waals surface area (Å²) in [6.07, 6.45) is 1.76. The third kappa shape index (κ3) is 4.38. The zero-order valence-electron chi connectivity index (χ0n) is 17.4. The summed E-state index contributed by atoms with van der Waals surface area (Å²) in [6.45, 7) is 0.222. The van der Waals surface area contributed by atoms with Crippen LogP contribution in [0.4, 0.5) is 5.69 Å². The Bertz CT molecular complexity index is 1130. The minimum absolute atomic E-state index is 0.104. The number of benzene rings is 2. The molecule has 0 saturated carbocycles. The maximum atomic E-state index is 13.3. The van der Waals surface area contributed by atoms with Crippen molar-refractivity contribution in [2.45, 2.75) is 18.9 Å². The first-order valence-corrected chi connectivity index (χ1v) is 10.5. The van der Waals surface area contributed by atoms with Gasteiger partial charge >= 0.3 is 0 Å². The van der Waals surface area contributed by atoms with E-state index >= 15 is 0 Å². The number of methoxy groups -OCH3 is 1. The molecule has 1 unspecified atom stereocenters. The van der Waals surface area contributed by atoms with Gasteiger partial charge in [-0.25, -0.2) is 4.90 Å². The first-order chi connectivity index (χ1) is 15.5. The molecule has 3 aromatic rings. The van der Waals surface area contributed by atoms with Crippen LogP contribution in [0, 0.1) is 0 Å². The summed E-state index contributed by atoms with van der Waals surface area (Å²) < 4.78 is 10.4. The highest BCUT2D eigenvalue weighted by molar-refractivity contribution is 6.30. The Labute approximate surface area is 190 Å². The van der Waals surface area contributed by atoms with Crippen LogP contribution in [0.3, 0.4) is 0 Å². The van der Waals surface area contributed by atoms with Crippen LogP contribution in [0.25, 0.3) is 0 Å². The number of furan rings is 1.